The molecule has 0 saturated carbocycles. The molecule has 0 bridgehead atoms. The van der Waals surface area contributed by atoms with Gasteiger partial charge in [-0.25, -0.2) is 0 Å². The van der Waals surface area contributed by atoms with Crippen molar-refractivity contribution in [1.82, 2.24) is 0 Å². The normalized spacial score (nSPS) is 14.4. The maximum absolute atomic E-state index is 7.42. The van der Waals surface area contributed by atoms with Gasteiger partial charge in [-0.2, -0.15) is 0 Å². The SMILES string of the molecule is Cc1cc(C)c(C2(Cl)c3ccccc3-c3ccccc32)c(C)c1. The summed E-state index contributed by atoms with van der Waals surface area (Å²) in [7, 11) is 0. The second-order valence-electron chi connectivity index (χ2n) is 6.52. The van der Waals surface area contributed by atoms with Crippen LogP contribution >= 0.6 is 11.6 Å². The molecule has 114 valence electrons. The molecule has 1 aliphatic carbocycles. The Morgan fingerprint density at radius 2 is 1.13 bits per heavy atom. The third-order valence-corrected chi connectivity index (χ3v) is 5.50. The number of alkyl halides is 1. The van der Waals surface area contributed by atoms with E-state index in [0.717, 1.165) is 0 Å². The average Bonchev–Trinajstić information content (AvgIpc) is 2.78. The Kier molecular flexibility index (Phi) is 3.14. The van der Waals surface area contributed by atoms with Crippen LogP contribution in [0.3, 0.4) is 0 Å². The van der Waals surface area contributed by atoms with Crippen molar-refractivity contribution in [2.75, 3.05) is 0 Å². The number of fused-ring (bicyclic) bond motifs is 3. The van der Waals surface area contributed by atoms with E-state index in [-0.39, 0.29) is 0 Å². The fourth-order valence-corrected chi connectivity index (χ4v) is 4.80. The van der Waals surface area contributed by atoms with E-state index in [0.29, 0.717) is 0 Å². The Bertz CT molecular complexity index is 852. The lowest BCUT2D eigenvalue weighted by molar-refractivity contribution is 0.884. The van der Waals surface area contributed by atoms with E-state index in [1.807, 2.05) is 0 Å². The van der Waals surface area contributed by atoms with Gasteiger partial charge in [0.1, 0.15) is 4.87 Å². The first-order chi connectivity index (χ1) is 11.0. The Labute approximate surface area is 142 Å². The Morgan fingerprint density at radius 1 is 0.696 bits per heavy atom. The molecule has 3 aromatic carbocycles. The highest BCUT2D eigenvalue weighted by atomic mass is 35.5. The maximum Gasteiger partial charge on any atom is 0.121 e. The van der Waals surface area contributed by atoms with Gasteiger partial charge in [-0.05, 0) is 59.7 Å². The topological polar surface area (TPSA) is 0 Å². The Balaban J connectivity index is 2.13. The lowest BCUT2D eigenvalue weighted by Gasteiger charge is -2.29. The number of rotatable bonds is 1. The summed E-state index contributed by atoms with van der Waals surface area (Å²) in [5, 5.41) is 0. The van der Waals surface area contributed by atoms with E-state index >= 15 is 0 Å². The van der Waals surface area contributed by atoms with Gasteiger partial charge < -0.3 is 0 Å². The van der Waals surface area contributed by atoms with Gasteiger partial charge in [-0.15, -0.1) is 11.6 Å². The zero-order valence-electron chi connectivity index (χ0n) is 13.7. The van der Waals surface area contributed by atoms with Crippen molar-refractivity contribution in [1.29, 1.82) is 0 Å². The molecule has 0 fully saturated rings. The molecule has 0 saturated heterocycles. The first-order valence-electron chi connectivity index (χ1n) is 8.00. The minimum absolute atomic E-state index is 0.602. The van der Waals surface area contributed by atoms with Crippen LogP contribution in [0, 0.1) is 20.8 Å². The predicted octanol–water partition coefficient (Wildman–Crippen LogP) is 6.12. The third-order valence-electron chi connectivity index (χ3n) is 4.91. The van der Waals surface area contributed by atoms with Crippen LogP contribution in [0.1, 0.15) is 33.4 Å². The van der Waals surface area contributed by atoms with Crippen LogP contribution in [0.2, 0.25) is 0 Å². The summed E-state index contributed by atoms with van der Waals surface area (Å²) in [6.45, 7) is 6.48. The third kappa shape index (κ3) is 1.91. The molecule has 0 N–H and O–H groups in total. The molecule has 3 aromatic rings. The number of benzene rings is 3. The second-order valence-corrected chi connectivity index (χ2v) is 7.09. The van der Waals surface area contributed by atoms with E-state index in [9.17, 15) is 0 Å². The van der Waals surface area contributed by atoms with Gasteiger partial charge in [-0.1, -0.05) is 66.2 Å². The minimum Gasteiger partial charge on any atom is -0.103 e. The first-order valence-corrected chi connectivity index (χ1v) is 8.38. The summed E-state index contributed by atoms with van der Waals surface area (Å²) in [6, 6.07) is 21.5. The quantitative estimate of drug-likeness (QED) is 0.474. The predicted molar refractivity (Wildman–Crippen MR) is 98.3 cm³/mol. The van der Waals surface area contributed by atoms with Gasteiger partial charge in [0.25, 0.3) is 0 Å². The van der Waals surface area contributed by atoms with Crippen LogP contribution in [0.25, 0.3) is 11.1 Å². The van der Waals surface area contributed by atoms with Gasteiger partial charge >= 0.3 is 0 Å². The van der Waals surface area contributed by atoms with Crippen molar-refractivity contribution in [3.05, 3.63) is 94.0 Å². The number of halogens is 1. The Morgan fingerprint density at radius 3 is 1.61 bits per heavy atom. The molecular formula is C22H19Cl. The summed E-state index contributed by atoms with van der Waals surface area (Å²) in [5.41, 5.74) is 9.89. The molecule has 0 heterocycles. The summed E-state index contributed by atoms with van der Waals surface area (Å²) in [4.78, 5) is -0.602. The molecule has 0 radical (unpaired) electrons. The van der Waals surface area contributed by atoms with Gasteiger partial charge in [0.05, 0.1) is 0 Å². The molecule has 0 amide bonds. The van der Waals surface area contributed by atoms with E-state index < -0.39 is 4.87 Å². The molecule has 1 aliphatic rings. The molecule has 23 heavy (non-hydrogen) atoms. The molecule has 0 nitrogen and oxygen atoms in total. The zero-order chi connectivity index (χ0) is 16.2. The molecule has 0 unspecified atom stereocenters. The van der Waals surface area contributed by atoms with Crippen LogP contribution in [-0.4, -0.2) is 0 Å². The van der Waals surface area contributed by atoms with E-state index in [4.69, 9.17) is 11.6 Å². The van der Waals surface area contributed by atoms with Crippen LogP contribution in [0.15, 0.2) is 60.7 Å². The summed E-state index contributed by atoms with van der Waals surface area (Å²) < 4.78 is 0. The smallest absolute Gasteiger partial charge is 0.103 e. The van der Waals surface area contributed by atoms with Crippen LogP contribution in [-0.2, 0) is 4.87 Å². The molecule has 4 rings (SSSR count). The van der Waals surface area contributed by atoms with Gasteiger partial charge in [0, 0.05) is 0 Å². The minimum atomic E-state index is -0.602. The fraction of sp³-hybridized carbons (Fsp3) is 0.182. The highest BCUT2D eigenvalue weighted by Gasteiger charge is 2.44. The number of aryl methyl sites for hydroxylation is 3. The van der Waals surface area contributed by atoms with E-state index in [1.165, 1.54) is 44.5 Å². The van der Waals surface area contributed by atoms with Crippen molar-refractivity contribution in [3.8, 4) is 11.1 Å². The van der Waals surface area contributed by atoms with Crippen molar-refractivity contribution in [2.45, 2.75) is 25.6 Å². The second kappa shape index (κ2) is 4.97. The Hall–Kier alpha value is -2.05. The molecule has 0 spiro atoms. The van der Waals surface area contributed by atoms with Gasteiger partial charge in [0.2, 0.25) is 0 Å². The highest BCUT2D eigenvalue weighted by molar-refractivity contribution is 6.30. The number of hydrogen-bond donors (Lipinski definition) is 0. The summed E-state index contributed by atoms with van der Waals surface area (Å²) in [5.74, 6) is 0. The van der Waals surface area contributed by atoms with Crippen LogP contribution < -0.4 is 0 Å². The number of hydrogen-bond acceptors (Lipinski definition) is 0. The van der Waals surface area contributed by atoms with E-state index in [1.54, 1.807) is 0 Å². The summed E-state index contributed by atoms with van der Waals surface area (Å²) in [6.07, 6.45) is 0. The van der Waals surface area contributed by atoms with Gasteiger partial charge in [0.15, 0.2) is 0 Å². The fourth-order valence-electron chi connectivity index (χ4n) is 4.17. The van der Waals surface area contributed by atoms with Crippen LogP contribution in [0.5, 0.6) is 0 Å². The molecule has 1 heteroatoms. The molecule has 0 aliphatic heterocycles. The maximum atomic E-state index is 7.42. The van der Waals surface area contributed by atoms with Crippen molar-refractivity contribution in [2.24, 2.45) is 0 Å². The molecule has 0 aromatic heterocycles. The van der Waals surface area contributed by atoms with Crippen LogP contribution in [0.4, 0.5) is 0 Å². The lowest BCUT2D eigenvalue weighted by Crippen LogP contribution is -2.22. The molecule has 0 atom stereocenters. The van der Waals surface area contributed by atoms with Crippen molar-refractivity contribution < 1.29 is 0 Å². The summed E-state index contributed by atoms with van der Waals surface area (Å²) >= 11 is 7.42. The van der Waals surface area contributed by atoms with Gasteiger partial charge in [-0.3, -0.25) is 0 Å². The molecular weight excluding hydrogens is 300 g/mol. The average molecular weight is 319 g/mol. The van der Waals surface area contributed by atoms with E-state index in [2.05, 4.69) is 81.4 Å². The highest BCUT2D eigenvalue weighted by Crippen LogP contribution is 2.56. The monoisotopic (exact) mass is 318 g/mol. The lowest BCUT2D eigenvalue weighted by atomic mass is 9.82. The van der Waals surface area contributed by atoms with Crippen molar-refractivity contribution >= 4 is 11.6 Å². The zero-order valence-corrected chi connectivity index (χ0v) is 14.4. The van der Waals surface area contributed by atoms with Crippen molar-refractivity contribution in [3.63, 3.8) is 0 Å². The standard InChI is InChI=1S/C22H19Cl/c1-14-12-15(2)21(16(3)13-14)22(23)19-10-6-4-8-17(19)18-9-5-7-11-20(18)22/h4-13H,1-3H3. The largest absolute Gasteiger partial charge is 0.121 e. The first kappa shape index (κ1) is 14.5.